The Morgan fingerprint density at radius 3 is 2.65 bits per heavy atom. The lowest BCUT2D eigenvalue weighted by Crippen LogP contribution is -2.25. The Hall–Kier alpha value is -1.75. The van der Waals surface area contributed by atoms with Crippen molar-refractivity contribution < 1.29 is 19.1 Å². The Kier molecular flexibility index (Phi) is 4.34. The van der Waals surface area contributed by atoms with Crippen LogP contribution in [0, 0.1) is 0 Å². The Morgan fingerprint density at radius 1 is 1.41 bits per heavy atom. The van der Waals surface area contributed by atoms with E-state index in [-0.39, 0.29) is 16.3 Å². The van der Waals surface area contributed by atoms with E-state index in [1.165, 1.54) is 20.1 Å². The van der Waals surface area contributed by atoms with Crippen molar-refractivity contribution in [1.82, 2.24) is 0 Å². The second-order valence-corrected chi connectivity index (χ2v) is 3.68. The highest BCUT2D eigenvalue weighted by Gasteiger charge is 2.21. The lowest BCUT2D eigenvalue weighted by atomic mass is 10.2. The van der Waals surface area contributed by atoms with Crippen LogP contribution in [0.1, 0.15) is 17.3 Å². The smallest absolute Gasteiger partial charge is 0.346 e. The van der Waals surface area contributed by atoms with Gasteiger partial charge in [-0.1, -0.05) is 17.7 Å². The minimum absolute atomic E-state index is 0.119. The molecule has 2 N–H and O–H groups in total. The van der Waals surface area contributed by atoms with Gasteiger partial charge in [-0.15, -0.1) is 0 Å². The molecule has 0 heterocycles. The van der Waals surface area contributed by atoms with Crippen molar-refractivity contribution in [1.29, 1.82) is 0 Å². The summed E-state index contributed by atoms with van der Waals surface area (Å²) < 4.78 is 9.30. The summed E-state index contributed by atoms with van der Waals surface area (Å²) in [6, 6.07) is 4.59. The number of methoxy groups -OCH3 is 1. The molecule has 5 nitrogen and oxygen atoms in total. The topological polar surface area (TPSA) is 78.6 Å². The van der Waals surface area contributed by atoms with Crippen molar-refractivity contribution in [2.45, 2.75) is 13.0 Å². The second-order valence-electron chi connectivity index (χ2n) is 3.27. The van der Waals surface area contributed by atoms with Crippen LogP contribution < -0.4 is 5.73 Å². The average Bonchev–Trinajstić information content (AvgIpc) is 2.31. The third kappa shape index (κ3) is 3.10. The molecule has 0 aliphatic carbocycles. The Morgan fingerprint density at radius 2 is 2.06 bits per heavy atom. The van der Waals surface area contributed by atoms with E-state index in [0.29, 0.717) is 0 Å². The predicted octanol–water partition coefficient (Wildman–Crippen LogP) is 1.64. The monoisotopic (exact) mass is 257 g/mol. The maximum absolute atomic E-state index is 11.7. The standard InChI is InChI=1S/C11H12ClNO4/c1-6(10(14)16-2)17-11(15)7-4-3-5-8(12)9(7)13/h3-6H,13H2,1-2H3. The molecule has 0 fully saturated rings. The third-order valence-corrected chi connectivity index (χ3v) is 2.42. The van der Waals surface area contributed by atoms with Crippen LogP contribution in [-0.4, -0.2) is 25.2 Å². The number of esters is 2. The first-order valence-electron chi connectivity index (χ1n) is 4.80. The number of anilines is 1. The number of hydrogen-bond acceptors (Lipinski definition) is 5. The van der Waals surface area contributed by atoms with E-state index in [2.05, 4.69) is 4.74 Å². The van der Waals surface area contributed by atoms with Gasteiger partial charge in [0.25, 0.3) is 0 Å². The molecule has 0 aliphatic heterocycles. The molecule has 1 unspecified atom stereocenters. The third-order valence-electron chi connectivity index (χ3n) is 2.09. The summed E-state index contributed by atoms with van der Waals surface area (Å²) >= 11 is 5.76. The van der Waals surface area contributed by atoms with E-state index in [4.69, 9.17) is 22.1 Å². The number of hydrogen-bond donors (Lipinski definition) is 1. The van der Waals surface area contributed by atoms with Crippen molar-refractivity contribution in [3.63, 3.8) is 0 Å². The molecule has 1 atom stereocenters. The van der Waals surface area contributed by atoms with E-state index >= 15 is 0 Å². The fourth-order valence-electron chi connectivity index (χ4n) is 1.15. The summed E-state index contributed by atoms with van der Waals surface area (Å²) in [5.41, 5.74) is 5.86. The van der Waals surface area contributed by atoms with Crippen LogP contribution in [0.4, 0.5) is 5.69 Å². The predicted molar refractivity (Wildman–Crippen MR) is 62.8 cm³/mol. The van der Waals surface area contributed by atoms with E-state index < -0.39 is 18.0 Å². The molecule has 0 saturated heterocycles. The molecular formula is C11H12ClNO4. The van der Waals surface area contributed by atoms with Crippen molar-refractivity contribution in [3.8, 4) is 0 Å². The summed E-state index contributed by atoms with van der Waals surface area (Å²) in [5.74, 6) is -1.36. The van der Waals surface area contributed by atoms with E-state index in [9.17, 15) is 9.59 Å². The van der Waals surface area contributed by atoms with Crippen LogP contribution in [0.25, 0.3) is 0 Å². The lowest BCUT2D eigenvalue weighted by Gasteiger charge is -2.12. The van der Waals surface area contributed by atoms with Crippen LogP contribution in [0.2, 0.25) is 5.02 Å². The van der Waals surface area contributed by atoms with E-state index in [0.717, 1.165) is 0 Å². The van der Waals surface area contributed by atoms with Gasteiger partial charge in [-0.25, -0.2) is 9.59 Å². The van der Waals surface area contributed by atoms with Gasteiger partial charge in [-0.3, -0.25) is 0 Å². The van der Waals surface area contributed by atoms with Crippen molar-refractivity contribution in [2.75, 3.05) is 12.8 Å². The fourth-order valence-corrected chi connectivity index (χ4v) is 1.33. The first-order chi connectivity index (χ1) is 7.97. The quantitative estimate of drug-likeness (QED) is 0.658. The maximum Gasteiger partial charge on any atom is 0.346 e. The number of carbonyl (C=O) groups excluding carboxylic acids is 2. The van der Waals surface area contributed by atoms with Crippen LogP contribution in [0.5, 0.6) is 0 Å². The van der Waals surface area contributed by atoms with Gasteiger partial charge in [0.2, 0.25) is 0 Å². The van der Waals surface area contributed by atoms with Crippen LogP contribution in [0.3, 0.4) is 0 Å². The molecule has 0 radical (unpaired) electrons. The van der Waals surface area contributed by atoms with Gasteiger partial charge in [0.1, 0.15) is 0 Å². The molecule has 92 valence electrons. The molecule has 6 heteroatoms. The first kappa shape index (κ1) is 13.3. The number of ether oxygens (including phenoxy) is 2. The zero-order chi connectivity index (χ0) is 13.0. The van der Waals surface area contributed by atoms with Gasteiger partial charge in [-0.05, 0) is 19.1 Å². The van der Waals surface area contributed by atoms with E-state index in [1.54, 1.807) is 12.1 Å². The number of para-hydroxylation sites is 1. The van der Waals surface area contributed by atoms with Gasteiger partial charge in [0.05, 0.1) is 23.4 Å². The number of nitrogens with two attached hydrogens (primary N) is 1. The number of benzene rings is 1. The van der Waals surface area contributed by atoms with Gasteiger partial charge in [-0.2, -0.15) is 0 Å². The van der Waals surface area contributed by atoms with Crippen molar-refractivity contribution in [3.05, 3.63) is 28.8 Å². The summed E-state index contributed by atoms with van der Waals surface area (Å²) in [5, 5.41) is 0.255. The minimum Gasteiger partial charge on any atom is -0.466 e. The highest BCUT2D eigenvalue weighted by atomic mass is 35.5. The lowest BCUT2D eigenvalue weighted by molar-refractivity contribution is -0.149. The molecule has 0 spiro atoms. The van der Waals surface area contributed by atoms with Gasteiger partial charge in [0.15, 0.2) is 6.10 Å². The van der Waals surface area contributed by atoms with Gasteiger partial charge < -0.3 is 15.2 Å². The zero-order valence-electron chi connectivity index (χ0n) is 9.40. The minimum atomic E-state index is -0.995. The molecule has 0 amide bonds. The summed E-state index contributed by atoms with van der Waals surface area (Å²) in [4.78, 5) is 22.8. The van der Waals surface area contributed by atoms with Crippen LogP contribution >= 0.6 is 11.6 Å². The number of rotatable bonds is 3. The average molecular weight is 258 g/mol. The molecule has 0 saturated carbocycles. The summed E-state index contributed by atoms with van der Waals surface area (Å²) in [6.07, 6.45) is -0.995. The molecular weight excluding hydrogens is 246 g/mol. The van der Waals surface area contributed by atoms with Gasteiger partial charge in [0, 0.05) is 0 Å². The van der Waals surface area contributed by atoms with Crippen LogP contribution in [-0.2, 0) is 14.3 Å². The highest BCUT2D eigenvalue weighted by molar-refractivity contribution is 6.33. The zero-order valence-corrected chi connectivity index (χ0v) is 10.2. The fraction of sp³-hybridized carbons (Fsp3) is 0.273. The number of carbonyl (C=O) groups is 2. The van der Waals surface area contributed by atoms with Crippen LogP contribution in [0.15, 0.2) is 18.2 Å². The van der Waals surface area contributed by atoms with E-state index in [1.807, 2.05) is 0 Å². The number of halogens is 1. The SMILES string of the molecule is COC(=O)C(C)OC(=O)c1cccc(Cl)c1N. The van der Waals surface area contributed by atoms with Crippen molar-refractivity contribution >= 4 is 29.2 Å². The summed E-state index contributed by atoms with van der Waals surface area (Å²) in [7, 11) is 1.21. The summed E-state index contributed by atoms with van der Waals surface area (Å²) in [6.45, 7) is 1.41. The Balaban J connectivity index is 2.84. The molecule has 0 aromatic heterocycles. The molecule has 0 aliphatic rings. The largest absolute Gasteiger partial charge is 0.466 e. The number of nitrogen functional groups attached to an aromatic ring is 1. The normalized spacial score (nSPS) is 11.7. The molecule has 0 bridgehead atoms. The molecule has 1 aromatic rings. The molecule has 1 rings (SSSR count). The van der Waals surface area contributed by atoms with Gasteiger partial charge >= 0.3 is 11.9 Å². The Bertz CT molecular complexity index is 447. The second kappa shape index (κ2) is 5.54. The Labute approximate surface area is 103 Å². The maximum atomic E-state index is 11.7. The first-order valence-corrected chi connectivity index (χ1v) is 5.18. The molecule has 17 heavy (non-hydrogen) atoms. The van der Waals surface area contributed by atoms with Crippen molar-refractivity contribution in [2.24, 2.45) is 0 Å². The molecule has 1 aromatic carbocycles. The highest BCUT2D eigenvalue weighted by Crippen LogP contribution is 2.23.